The van der Waals surface area contributed by atoms with Gasteiger partial charge < -0.3 is 5.32 Å². The maximum Gasteiger partial charge on any atom is 0.267 e. The van der Waals surface area contributed by atoms with Gasteiger partial charge in [0.05, 0.1) is 10.6 Å². The third-order valence-electron chi connectivity index (χ3n) is 6.60. The Kier molecular flexibility index (Phi) is 6.91. The molecule has 1 fully saturated rings. The van der Waals surface area contributed by atoms with Crippen molar-refractivity contribution in [1.82, 2.24) is 14.1 Å². The lowest BCUT2D eigenvalue weighted by atomic mass is 10.1. The zero-order valence-corrected chi connectivity index (χ0v) is 21.2. The van der Waals surface area contributed by atoms with Gasteiger partial charge in [-0.05, 0) is 75.4 Å². The summed E-state index contributed by atoms with van der Waals surface area (Å²) in [6.07, 6.45) is 1.71. The summed E-state index contributed by atoms with van der Waals surface area (Å²) in [6, 6.07) is 12.8. The molecule has 35 heavy (non-hydrogen) atoms. The van der Waals surface area contributed by atoms with Gasteiger partial charge in [-0.25, -0.2) is 13.1 Å². The van der Waals surface area contributed by atoms with E-state index in [-0.39, 0.29) is 10.8 Å². The van der Waals surface area contributed by atoms with Gasteiger partial charge in [-0.2, -0.15) is 9.40 Å². The van der Waals surface area contributed by atoms with E-state index in [1.165, 1.54) is 10.4 Å². The topological polar surface area (TPSA) is 101 Å². The standard InChI is InChI=1S/C26H30N4O4S/c1-17-8-7-9-22(19(17)3)27-26(32)20(4)30-25(31)13-12-23(28-30)21-11-10-18(2)24(16-21)35(33,34)29-14-5-6-15-29/h7-13,16,20H,5-6,14-15H2,1-4H3,(H,27,32)/t20-/m0/s1. The van der Waals surface area contributed by atoms with Crippen LogP contribution in [0.15, 0.2) is 58.2 Å². The predicted molar refractivity (Wildman–Crippen MR) is 136 cm³/mol. The van der Waals surface area contributed by atoms with E-state index in [0.29, 0.717) is 35.6 Å². The van der Waals surface area contributed by atoms with Crippen LogP contribution in [0.2, 0.25) is 0 Å². The first kappa shape index (κ1) is 24.8. The van der Waals surface area contributed by atoms with Crippen molar-refractivity contribution in [1.29, 1.82) is 0 Å². The molecular formula is C26H30N4O4S. The predicted octanol–water partition coefficient (Wildman–Crippen LogP) is 3.82. The Morgan fingerprint density at radius 2 is 1.71 bits per heavy atom. The van der Waals surface area contributed by atoms with E-state index in [9.17, 15) is 18.0 Å². The average molecular weight is 495 g/mol. The average Bonchev–Trinajstić information content (AvgIpc) is 3.38. The van der Waals surface area contributed by atoms with Crippen LogP contribution in [0, 0.1) is 20.8 Å². The van der Waals surface area contributed by atoms with Gasteiger partial charge in [-0.15, -0.1) is 0 Å². The number of carbonyl (C=O) groups excluding carboxylic acids is 1. The Bertz CT molecular complexity index is 1440. The van der Waals surface area contributed by atoms with Gasteiger partial charge in [0.2, 0.25) is 15.9 Å². The molecular weight excluding hydrogens is 464 g/mol. The Morgan fingerprint density at radius 3 is 2.43 bits per heavy atom. The number of amides is 1. The molecule has 0 bridgehead atoms. The molecule has 3 aromatic rings. The first-order valence-corrected chi connectivity index (χ1v) is 13.1. The Labute approximate surface area is 205 Å². The molecule has 0 unspecified atom stereocenters. The highest BCUT2D eigenvalue weighted by Gasteiger charge is 2.29. The van der Waals surface area contributed by atoms with Crippen LogP contribution in [0.5, 0.6) is 0 Å². The zero-order chi connectivity index (χ0) is 25.3. The highest BCUT2D eigenvalue weighted by atomic mass is 32.2. The number of hydrogen-bond acceptors (Lipinski definition) is 5. The number of anilines is 1. The number of aromatic nitrogens is 2. The fourth-order valence-electron chi connectivity index (χ4n) is 4.20. The molecule has 184 valence electrons. The second kappa shape index (κ2) is 9.75. The van der Waals surface area contributed by atoms with Crippen molar-refractivity contribution in [3.63, 3.8) is 0 Å². The molecule has 1 aliphatic heterocycles. The molecule has 9 heteroatoms. The molecule has 1 amide bonds. The molecule has 8 nitrogen and oxygen atoms in total. The van der Waals surface area contributed by atoms with Crippen LogP contribution < -0.4 is 10.9 Å². The number of benzene rings is 2. The van der Waals surface area contributed by atoms with Crippen molar-refractivity contribution in [3.05, 3.63) is 75.6 Å². The van der Waals surface area contributed by atoms with Gasteiger partial charge in [0.1, 0.15) is 6.04 Å². The molecule has 1 N–H and O–H groups in total. The minimum atomic E-state index is -3.62. The van der Waals surface area contributed by atoms with Crippen LogP contribution in [0.4, 0.5) is 5.69 Å². The van der Waals surface area contributed by atoms with Gasteiger partial charge in [0.25, 0.3) is 5.56 Å². The van der Waals surface area contributed by atoms with Crippen molar-refractivity contribution in [2.24, 2.45) is 0 Å². The van der Waals surface area contributed by atoms with Gasteiger partial charge in [0, 0.05) is 30.4 Å². The number of rotatable bonds is 6. The summed E-state index contributed by atoms with van der Waals surface area (Å²) in [4.78, 5) is 25.8. The number of aryl methyl sites for hydroxylation is 2. The molecule has 0 saturated carbocycles. The normalized spacial score (nSPS) is 15.2. The van der Waals surface area contributed by atoms with Gasteiger partial charge in [0.15, 0.2) is 0 Å². The summed E-state index contributed by atoms with van der Waals surface area (Å²) in [6.45, 7) is 8.29. The Morgan fingerprint density at radius 1 is 1.00 bits per heavy atom. The first-order chi connectivity index (χ1) is 16.6. The van der Waals surface area contributed by atoms with Gasteiger partial charge in [-0.3, -0.25) is 9.59 Å². The maximum atomic E-state index is 13.2. The van der Waals surface area contributed by atoms with Crippen molar-refractivity contribution in [3.8, 4) is 11.3 Å². The number of hydrogen-bond donors (Lipinski definition) is 1. The molecule has 1 saturated heterocycles. The van der Waals surface area contributed by atoms with Gasteiger partial charge >= 0.3 is 0 Å². The molecule has 0 radical (unpaired) electrons. The number of nitrogens with zero attached hydrogens (tertiary/aromatic N) is 3. The summed E-state index contributed by atoms with van der Waals surface area (Å²) >= 11 is 0. The quantitative estimate of drug-likeness (QED) is 0.561. The van der Waals surface area contributed by atoms with Crippen molar-refractivity contribution in [2.75, 3.05) is 18.4 Å². The molecule has 4 rings (SSSR count). The monoisotopic (exact) mass is 494 g/mol. The van der Waals surface area contributed by atoms with E-state index >= 15 is 0 Å². The van der Waals surface area contributed by atoms with Crippen molar-refractivity contribution >= 4 is 21.6 Å². The van der Waals surface area contributed by atoms with Crippen molar-refractivity contribution in [2.45, 2.75) is 51.5 Å². The third kappa shape index (κ3) is 4.92. The summed E-state index contributed by atoms with van der Waals surface area (Å²) in [5.74, 6) is -0.369. The minimum absolute atomic E-state index is 0.233. The fourth-order valence-corrected chi connectivity index (χ4v) is 5.96. The van der Waals surface area contributed by atoms with Crippen LogP contribution in [0.1, 0.15) is 42.5 Å². The molecule has 1 atom stereocenters. The third-order valence-corrected chi connectivity index (χ3v) is 8.64. The molecule has 0 aliphatic carbocycles. The maximum absolute atomic E-state index is 13.2. The van der Waals surface area contributed by atoms with E-state index < -0.39 is 21.6 Å². The summed E-state index contributed by atoms with van der Waals surface area (Å²) < 4.78 is 29.0. The lowest BCUT2D eigenvalue weighted by Gasteiger charge is -2.18. The molecule has 2 aromatic carbocycles. The molecule has 1 aliphatic rings. The fraction of sp³-hybridized carbons (Fsp3) is 0.346. The SMILES string of the molecule is Cc1ccc(-c2ccc(=O)n([C@@H](C)C(=O)Nc3cccc(C)c3C)n2)cc1S(=O)(=O)N1CCCC1. The molecule has 2 heterocycles. The summed E-state index contributed by atoms with van der Waals surface area (Å²) in [5.41, 5.74) is 3.88. The number of sulfonamides is 1. The van der Waals surface area contributed by atoms with E-state index in [2.05, 4.69) is 10.4 Å². The summed E-state index contributed by atoms with van der Waals surface area (Å²) in [7, 11) is -3.62. The summed E-state index contributed by atoms with van der Waals surface area (Å²) in [5, 5.41) is 7.31. The smallest absolute Gasteiger partial charge is 0.267 e. The Hall–Kier alpha value is -3.30. The lowest BCUT2D eigenvalue weighted by Crippen LogP contribution is -2.33. The second-order valence-corrected chi connectivity index (χ2v) is 10.9. The number of nitrogens with one attached hydrogen (secondary N) is 1. The Balaban J connectivity index is 1.66. The first-order valence-electron chi connectivity index (χ1n) is 11.7. The van der Waals surface area contributed by atoms with Crippen LogP contribution in [0.25, 0.3) is 11.3 Å². The number of carbonyl (C=O) groups is 1. The second-order valence-electron chi connectivity index (χ2n) is 9.01. The van der Waals surface area contributed by atoms with E-state index in [4.69, 9.17) is 0 Å². The van der Waals surface area contributed by atoms with E-state index in [1.807, 2.05) is 32.0 Å². The van der Waals surface area contributed by atoms with Crippen LogP contribution >= 0.6 is 0 Å². The van der Waals surface area contributed by atoms with E-state index in [1.54, 1.807) is 38.1 Å². The zero-order valence-electron chi connectivity index (χ0n) is 20.4. The minimum Gasteiger partial charge on any atom is -0.324 e. The van der Waals surface area contributed by atoms with E-state index in [0.717, 1.165) is 28.7 Å². The largest absolute Gasteiger partial charge is 0.324 e. The highest BCUT2D eigenvalue weighted by Crippen LogP contribution is 2.28. The van der Waals surface area contributed by atoms with Crippen LogP contribution in [-0.4, -0.2) is 41.5 Å². The van der Waals surface area contributed by atoms with Crippen LogP contribution in [0.3, 0.4) is 0 Å². The highest BCUT2D eigenvalue weighted by molar-refractivity contribution is 7.89. The van der Waals surface area contributed by atoms with Crippen molar-refractivity contribution < 1.29 is 13.2 Å². The molecule has 1 aromatic heterocycles. The molecule has 0 spiro atoms. The lowest BCUT2D eigenvalue weighted by molar-refractivity contribution is -0.119. The van der Waals surface area contributed by atoms with Gasteiger partial charge in [-0.1, -0.05) is 24.3 Å². The van der Waals surface area contributed by atoms with Crippen LogP contribution in [-0.2, 0) is 14.8 Å².